The van der Waals surface area contributed by atoms with E-state index in [1.165, 1.54) is 11.6 Å². The molecule has 5 heterocycles. The van der Waals surface area contributed by atoms with Crippen LogP contribution in [-0.2, 0) is 13.0 Å². The SMILES string of the molecule is Cc1nc2c(F)cc(-c3nc(Nc4ccc5c(n4)CCN(C4CCN(CCO)CC4)C5)ncc3F)cc2n1C1CCCC1. The molecule has 9 nitrogen and oxygen atoms in total. The molecule has 2 fully saturated rings. The number of piperidine rings is 1. The Balaban J connectivity index is 1.09. The van der Waals surface area contributed by atoms with Crippen molar-refractivity contribution in [1.29, 1.82) is 0 Å². The number of likely N-dealkylation sites (tertiary alicyclic amines) is 1. The Morgan fingerprint density at radius 1 is 0.953 bits per heavy atom. The molecule has 0 amide bonds. The van der Waals surface area contributed by atoms with Gasteiger partial charge >= 0.3 is 0 Å². The van der Waals surface area contributed by atoms with Gasteiger partial charge in [-0.2, -0.15) is 0 Å². The third-order valence-corrected chi connectivity index (χ3v) is 9.44. The largest absolute Gasteiger partial charge is 0.395 e. The molecule has 1 aliphatic carbocycles. The number of fused-ring (bicyclic) bond motifs is 2. The number of benzene rings is 1. The number of β-amino-alcohol motifs (C(OH)–C–C–N with tert-alkyl or cyclic N) is 1. The van der Waals surface area contributed by atoms with Crippen molar-refractivity contribution in [3.05, 3.63) is 59.2 Å². The second-order valence-corrected chi connectivity index (χ2v) is 12.1. The summed E-state index contributed by atoms with van der Waals surface area (Å²) in [7, 11) is 0. The molecule has 7 rings (SSSR count). The lowest BCUT2D eigenvalue weighted by molar-refractivity contribution is 0.0876. The highest BCUT2D eigenvalue weighted by Crippen LogP contribution is 2.36. The predicted molar refractivity (Wildman–Crippen MR) is 161 cm³/mol. The normalized spacial score (nSPS) is 18.9. The Labute approximate surface area is 250 Å². The third-order valence-electron chi connectivity index (χ3n) is 9.44. The van der Waals surface area contributed by atoms with Crippen LogP contribution >= 0.6 is 0 Å². The van der Waals surface area contributed by atoms with Gasteiger partial charge in [-0.25, -0.2) is 28.7 Å². The van der Waals surface area contributed by atoms with Gasteiger partial charge in [0.15, 0.2) is 11.6 Å². The number of anilines is 2. The van der Waals surface area contributed by atoms with Crippen molar-refractivity contribution in [2.75, 3.05) is 38.1 Å². The highest BCUT2D eigenvalue weighted by atomic mass is 19.1. The highest BCUT2D eigenvalue weighted by molar-refractivity contribution is 5.83. The Morgan fingerprint density at radius 2 is 1.77 bits per heavy atom. The number of nitrogens with one attached hydrogen (secondary N) is 1. The summed E-state index contributed by atoms with van der Waals surface area (Å²) >= 11 is 0. The second-order valence-electron chi connectivity index (χ2n) is 12.1. The summed E-state index contributed by atoms with van der Waals surface area (Å²) in [5.41, 5.74) is 3.64. The van der Waals surface area contributed by atoms with Crippen molar-refractivity contribution in [2.24, 2.45) is 0 Å². The molecule has 0 atom stereocenters. The van der Waals surface area contributed by atoms with Gasteiger partial charge in [0.2, 0.25) is 5.95 Å². The van der Waals surface area contributed by atoms with E-state index in [0.29, 0.717) is 28.5 Å². The Bertz CT molecular complexity index is 1630. The number of pyridine rings is 1. The van der Waals surface area contributed by atoms with Crippen molar-refractivity contribution in [3.8, 4) is 11.3 Å². The highest BCUT2D eigenvalue weighted by Gasteiger charge is 2.28. The van der Waals surface area contributed by atoms with Gasteiger partial charge in [-0.1, -0.05) is 18.9 Å². The molecule has 2 aliphatic heterocycles. The van der Waals surface area contributed by atoms with E-state index in [2.05, 4.69) is 40.7 Å². The van der Waals surface area contributed by atoms with Crippen molar-refractivity contribution >= 4 is 22.8 Å². The number of aliphatic hydroxyl groups is 1. The average molecular weight is 589 g/mol. The first-order valence-electron chi connectivity index (χ1n) is 15.5. The molecule has 3 aromatic heterocycles. The summed E-state index contributed by atoms with van der Waals surface area (Å²) in [6.45, 7) is 6.75. The van der Waals surface area contributed by atoms with Crippen LogP contribution in [-0.4, -0.2) is 78.2 Å². The topological polar surface area (TPSA) is 95.2 Å². The molecule has 1 saturated heterocycles. The molecular formula is C32H38F2N8O. The maximum Gasteiger partial charge on any atom is 0.229 e. The fourth-order valence-corrected chi connectivity index (χ4v) is 7.24. The number of aromatic nitrogens is 5. The molecule has 43 heavy (non-hydrogen) atoms. The molecule has 3 aliphatic rings. The lowest BCUT2D eigenvalue weighted by atomic mass is 9.98. The maximum absolute atomic E-state index is 15.3. The molecule has 11 heteroatoms. The summed E-state index contributed by atoms with van der Waals surface area (Å²) in [6, 6.07) is 7.94. The summed E-state index contributed by atoms with van der Waals surface area (Å²) < 4.78 is 32.4. The van der Waals surface area contributed by atoms with Crippen LogP contribution in [0.5, 0.6) is 0 Å². The number of halogens is 2. The van der Waals surface area contributed by atoms with E-state index in [-0.39, 0.29) is 24.3 Å². The Kier molecular flexibility index (Phi) is 7.79. The second kappa shape index (κ2) is 11.9. The van der Waals surface area contributed by atoms with Gasteiger partial charge in [0.05, 0.1) is 18.3 Å². The Hall–Kier alpha value is -3.54. The van der Waals surface area contributed by atoms with Gasteiger partial charge in [-0.15, -0.1) is 0 Å². The Morgan fingerprint density at radius 3 is 2.56 bits per heavy atom. The molecule has 0 spiro atoms. The summed E-state index contributed by atoms with van der Waals surface area (Å²) in [5.74, 6) is 0.471. The molecule has 0 unspecified atom stereocenters. The summed E-state index contributed by atoms with van der Waals surface area (Å²) in [6.07, 6.45) is 8.55. The van der Waals surface area contributed by atoms with Crippen LogP contribution in [0.3, 0.4) is 0 Å². The summed E-state index contributed by atoms with van der Waals surface area (Å²) in [5, 5.41) is 12.4. The minimum absolute atomic E-state index is 0.0359. The van der Waals surface area contributed by atoms with Crippen LogP contribution in [0.1, 0.15) is 61.6 Å². The lowest BCUT2D eigenvalue weighted by Gasteiger charge is -2.40. The zero-order valence-electron chi connectivity index (χ0n) is 24.6. The quantitative estimate of drug-likeness (QED) is 0.306. The first kappa shape index (κ1) is 28.2. The standard InChI is InChI=1S/C32H38F2N8O/c1-20-36-31-25(33)16-22(17-28(31)42(20)24-4-2-3-5-24)30-26(34)18-35-32(39-30)38-29-7-6-21-19-41(13-10-27(21)37-29)23-8-11-40(12-9-23)14-15-43/h6-7,16-18,23-24,43H,2-5,8-15,19H2,1H3,(H,35,37,38,39). The zero-order chi connectivity index (χ0) is 29.5. The fourth-order valence-electron chi connectivity index (χ4n) is 7.24. The number of hydrogen-bond acceptors (Lipinski definition) is 8. The van der Waals surface area contributed by atoms with Gasteiger partial charge in [-0.05, 0) is 69.5 Å². The van der Waals surface area contributed by atoms with Crippen LogP contribution < -0.4 is 5.32 Å². The molecule has 226 valence electrons. The van der Waals surface area contributed by atoms with Gasteiger partial charge in [0.25, 0.3) is 0 Å². The van der Waals surface area contributed by atoms with Crippen LogP contribution in [0.15, 0.2) is 30.5 Å². The third kappa shape index (κ3) is 5.61. The van der Waals surface area contributed by atoms with Gasteiger partial charge in [0.1, 0.15) is 22.9 Å². The van der Waals surface area contributed by atoms with Crippen molar-refractivity contribution in [2.45, 2.75) is 70.5 Å². The van der Waals surface area contributed by atoms with Gasteiger partial charge in [0, 0.05) is 49.4 Å². The fraction of sp³-hybridized carbons (Fsp3) is 0.500. The average Bonchev–Trinajstić information content (AvgIpc) is 3.66. The van der Waals surface area contributed by atoms with E-state index in [4.69, 9.17) is 4.98 Å². The minimum atomic E-state index is -0.617. The van der Waals surface area contributed by atoms with Gasteiger partial charge in [-0.3, -0.25) is 4.90 Å². The number of nitrogens with zero attached hydrogens (tertiary/aromatic N) is 7. The van der Waals surface area contributed by atoms with E-state index in [1.54, 1.807) is 6.07 Å². The van der Waals surface area contributed by atoms with Crippen LogP contribution in [0.4, 0.5) is 20.5 Å². The first-order valence-corrected chi connectivity index (χ1v) is 15.5. The monoisotopic (exact) mass is 588 g/mol. The molecule has 1 saturated carbocycles. The lowest BCUT2D eigenvalue weighted by Crippen LogP contribution is -2.47. The number of aryl methyl sites for hydroxylation is 1. The van der Waals surface area contributed by atoms with Gasteiger partial charge < -0.3 is 19.9 Å². The number of rotatable bonds is 7. The molecule has 0 radical (unpaired) electrons. The zero-order valence-corrected chi connectivity index (χ0v) is 24.6. The molecule has 1 aromatic carbocycles. The molecule has 4 aromatic rings. The van der Waals surface area contributed by atoms with Crippen molar-refractivity contribution < 1.29 is 13.9 Å². The minimum Gasteiger partial charge on any atom is -0.395 e. The van der Waals surface area contributed by atoms with Crippen molar-refractivity contribution in [3.63, 3.8) is 0 Å². The predicted octanol–water partition coefficient (Wildman–Crippen LogP) is 5.15. The maximum atomic E-state index is 15.3. The van der Waals surface area contributed by atoms with Crippen molar-refractivity contribution in [1.82, 2.24) is 34.3 Å². The van der Waals surface area contributed by atoms with E-state index >= 15 is 8.78 Å². The van der Waals surface area contributed by atoms with Crippen LogP contribution in [0, 0.1) is 18.6 Å². The molecular weight excluding hydrogens is 550 g/mol. The van der Waals surface area contributed by atoms with Crippen LogP contribution in [0.25, 0.3) is 22.3 Å². The van der Waals surface area contributed by atoms with E-state index in [9.17, 15) is 5.11 Å². The smallest absolute Gasteiger partial charge is 0.229 e. The van der Waals surface area contributed by atoms with E-state index in [1.807, 2.05) is 13.0 Å². The first-order chi connectivity index (χ1) is 21.0. The van der Waals surface area contributed by atoms with Crippen LogP contribution in [0.2, 0.25) is 0 Å². The molecule has 2 N–H and O–H groups in total. The van der Waals surface area contributed by atoms with E-state index < -0.39 is 11.6 Å². The van der Waals surface area contributed by atoms with E-state index in [0.717, 1.165) is 95.4 Å². The summed E-state index contributed by atoms with van der Waals surface area (Å²) in [4.78, 5) is 22.8. The number of hydrogen-bond donors (Lipinski definition) is 2. The number of aliphatic hydroxyl groups excluding tert-OH is 1. The number of imidazole rings is 1. The molecule has 0 bridgehead atoms.